The van der Waals surface area contributed by atoms with E-state index in [0.29, 0.717) is 5.57 Å². The first kappa shape index (κ1) is 13.3. The van der Waals surface area contributed by atoms with Gasteiger partial charge in [0.25, 0.3) is 0 Å². The van der Waals surface area contributed by atoms with Crippen molar-refractivity contribution in [1.82, 2.24) is 0 Å². The zero-order valence-electron chi connectivity index (χ0n) is 11.5. The third-order valence-corrected chi connectivity index (χ3v) is 3.57. The second-order valence-corrected chi connectivity index (χ2v) is 5.01. The highest BCUT2D eigenvalue weighted by molar-refractivity contribution is 6.02. The maximum atomic E-state index is 12.1. The van der Waals surface area contributed by atoms with Crippen LogP contribution in [0.4, 0.5) is 5.69 Å². The highest BCUT2D eigenvalue weighted by Crippen LogP contribution is 2.32. The lowest BCUT2D eigenvalue weighted by molar-refractivity contribution is -0.116. The number of hydrogen-bond donors (Lipinski definition) is 2. The van der Waals surface area contributed by atoms with E-state index in [1.807, 2.05) is 60.7 Å². The normalized spacial score (nSPS) is 20.6. The summed E-state index contributed by atoms with van der Waals surface area (Å²) in [6.07, 6.45) is 1.90. The first-order chi connectivity index (χ1) is 10.2. The molecule has 2 aromatic carbocycles. The lowest BCUT2D eigenvalue weighted by Crippen LogP contribution is -2.37. The van der Waals surface area contributed by atoms with Gasteiger partial charge in [-0.25, -0.2) is 0 Å². The smallest absolute Gasteiger partial charge is 0.245 e. The molecule has 3 rings (SSSR count). The van der Waals surface area contributed by atoms with Crippen molar-refractivity contribution in [3.63, 3.8) is 0 Å². The Morgan fingerprint density at radius 2 is 1.67 bits per heavy atom. The topological polar surface area (TPSA) is 55.1 Å². The summed E-state index contributed by atoms with van der Waals surface area (Å²) < 4.78 is 0. The minimum Gasteiger partial charge on any atom is -0.324 e. The van der Waals surface area contributed by atoms with Crippen LogP contribution in [-0.4, -0.2) is 11.9 Å². The van der Waals surface area contributed by atoms with Crippen LogP contribution in [0.25, 0.3) is 5.57 Å². The van der Waals surface area contributed by atoms with Crippen LogP contribution in [0.3, 0.4) is 0 Å². The highest BCUT2D eigenvalue weighted by atomic mass is 16.2. The lowest BCUT2D eigenvalue weighted by atomic mass is 9.91. The van der Waals surface area contributed by atoms with E-state index in [2.05, 4.69) is 11.9 Å². The van der Waals surface area contributed by atoms with E-state index in [1.165, 1.54) is 0 Å². The van der Waals surface area contributed by atoms with Crippen LogP contribution < -0.4 is 11.1 Å². The molecular formula is C18H16N2O. The van der Waals surface area contributed by atoms with Gasteiger partial charge in [-0.3, -0.25) is 4.79 Å². The molecule has 1 heterocycles. The predicted octanol–water partition coefficient (Wildman–Crippen LogP) is 2.95. The Balaban J connectivity index is 2.23. The average Bonchev–Trinajstić information content (AvgIpc) is 2.52. The van der Waals surface area contributed by atoms with Crippen molar-refractivity contribution in [1.29, 1.82) is 0 Å². The average molecular weight is 276 g/mol. The molecule has 3 nitrogen and oxygen atoms in total. The first-order valence-corrected chi connectivity index (χ1v) is 6.78. The number of anilines is 1. The molecule has 104 valence electrons. The standard InChI is InChI=1S/C18H16N2O/c1-12-11-15(13-7-3-2-4-8-13)14-9-5-6-10-16(14)20-18(21)17(12)19/h2-11,17H,1,19H2,(H,20,21)/b15-11-. The molecular weight excluding hydrogens is 260 g/mol. The van der Waals surface area contributed by atoms with Crippen LogP contribution >= 0.6 is 0 Å². The molecule has 0 aromatic heterocycles. The van der Waals surface area contributed by atoms with Gasteiger partial charge in [0, 0.05) is 11.3 Å². The summed E-state index contributed by atoms with van der Waals surface area (Å²) in [7, 11) is 0. The summed E-state index contributed by atoms with van der Waals surface area (Å²) in [5.74, 6) is -0.240. The van der Waals surface area contributed by atoms with Gasteiger partial charge in [-0.2, -0.15) is 0 Å². The molecule has 21 heavy (non-hydrogen) atoms. The fourth-order valence-corrected chi connectivity index (χ4v) is 2.42. The Labute approximate surface area is 123 Å². The second kappa shape index (κ2) is 5.38. The third-order valence-electron chi connectivity index (χ3n) is 3.57. The Morgan fingerprint density at radius 3 is 2.43 bits per heavy atom. The van der Waals surface area contributed by atoms with Crippen molar-refractivity contribution in [2.24, 2.45) is 5.73 Å². The minimum absolute atomic E-state index is 0.240. The summed E-state index contributed by atoms with van der Waals surface area (Å²) in [6, 6.07) is 17.0. The van der Waals surface area contributed by atoms with Crippen LogP contribution in [-0.2, 0) is 4.79 Å². The van der Waals surface area contributed by atoms with Crippen molar-refractivity contribution < 1.29 is 4.79 Å². The molecule has 0 aliphatic carbocycles. The van der Waals surface area contributed by atoms with Gasteiger partial charge in [-0.05, 0) is 28.9 Å². The number of fused-ring (bicyclic) bond motifs is 1. The van der Waals surface area contributed by atoms with Crippen molar-refractivity contribution in [2.75, 3.05) is 5.32 Å². The van der Waals surface area contributed by atoms with Crippen molar-refractivity contribution in [3.05, 3.63) is 84.0 Å². The Morgan fingerprint density at radius 1 is 1.00 bits per heavy atom. The molecule has 1 aliphatic rings. The summed E-state index contributed by atoms with van der Waals surface area (Å²) in [5, 5.41) is 2.88. The molecule has 0 fully saturated rings. The Hall–Kier alpha value is -2.65. The van der Waals surface area contributed by atoms with E-state index >= 15 is 0 Å². The Kier molecular flexibility index (Phi) is 3.42. The number of carbonyl (C=O) groups is 1. The van der Waals surface area contributed by atoms with E-state index in [9.17, 15) is 4.79 Å². The molecule has 0 spiro atoms. The molecule has 0 saturated carbocycles. The summed E-state index contributed by atoms with van der Waals surface area (Å²) in [4.78, 5) is 12.1. The van der Waals surface area contributed by atoms with E-state index in [0.717, 1.165) is 22.4 Å². The summed E-state index contributed by atoms with van der Waals surface area (Å²) in [6.45, 7) is 3.93. The number of amides is 1. The number of carbonyl (C=O) groups excluding carboxylic acids is 1. The van der Waals surface area contributed by atoms with Crippen molar-refractivity contribution >= 4 is 17.2 Å². The maximum Gasteiger partial charge on any atom is 0.245 e. The number of nitrogens with two attached hydrogens (primary N) is 1. The molecule has 0 saturated heterocycles. The van der Waals surface area contributed by atoms with E-state index < -0.39 is 6.04 Å². The molecule has 3 heteroatoms. The monoisotopic (exact) mass is 276 g/mol. The predicted molar refractivity (Wildman–Crippen MR) is 85.7 cm³/mol. The second-order valence-electron chi connectivity index (χ2n) is 5.01. The molecule has 2 aromatic rings. The molecule has 1 atom stereocenters. The largest absolute Gasteiger partial charge is 0.324 e. The SMILES string of the molecule is C=C1/C=C(/c2ccccc2)c2ccccc2NC(=O)C1N. The van der Waals surface area contributed by atoms with Gasteiger partial charge in [0.05, 0.1) is 0 Å². The number of benzene rings is 2. The van der Waals surface area contributed by atoms with Crippen LogP contribution in [0.2, 0.25) is 0 Å². The van der Waals surface area contributed by atoms with Crippen LogP contribution in [0.15, 0.2) is 72.8 Å². The molecule has 0 radical (unpaired) electrons. The quantitative estimate of drug-likeness (QED) is 0.841. The van der Waals surface area contributed by atoms with E-state index in [1.54, 1.807) is 0 Å². The van der Waals surface area contributed by atoms with E-state index in [-0.39, 0.29) is 5.91 Å². The van der Waals surface area contributed by atoms with Crippen LogP contribution in [0.5, 0.6) is 0 Å². The summed E-state index contributed by atoms with van der Waals surface area (Å²) >= 11 is 0. The molecule has 1 aliphatic heterocycles. The third kappa shape index (κ3) is 2.51. The van der Waals surface area contributed by atoms with Crippen LogP contribution in [0.1, 0.15) is 11.1 Å². The molecule has 1 amide bonds. The fourth-order valence-electron chi connectivity index (χ4n) is 2.42. The number of para-hydroxylation sites is 1. The number of nitrogens with one attached hydrogen (secondary N) is 1. The lowest BCUT2D eigenvalue weighted by Gasteiger charge is -2.21. The van der Waals surface area contributed by atoms with Crippen LogP contribution in [0, 0.1) is 0 Å². The van der Waals surface area contributed by atoms with E-state index in [4.69, 9.17) is 5.73 Å². The summed E-state index contributed by atoms with van der Waals surface area (Å²) in [5.41, 5.74) is 10.3. The maximum absolute atomic E-state index is 12.1. The zero-order chi connectivity index (χ0) is 14.8. The van der Waals surface area contributed by atoms with Gasteiger partial charge < -0.3 is 11.1 Å². The number of rotatable bonds is 1. The van der Waals surface area contributed by atoms with Gasteiger partial charge in [0.1, 0.15) is 6.04 Å². The highest BCUT2D eigenvalue weighted by Gasteiger charge is 2.22. The minimum atomic E-state index is -0.739. The fraction of sp³-hybridized carbons (Fsp3) is 0.0556. The van der Waals surface area contributed by atoms with Gasteiger partial charge in [-0.15, -0.1) is 0 Å². The van der Waals surface area contributed by atoms with Crippen molar-refractivity contribution in [2.45, 2.75) is 6.04 Å². The number of hydrogen-bond acceptors (Lipinski definition) is 2. The molecule has 1 unspecified atom stereocenters. The van der Waals surface area contributed by atoms with Gasteiger partial charge >= 0.3 is 0 Å². The molecule has 0 bridgehead atoms. The van der Waals surface area contributed by atoms with Crippen molar-refractivity contribution in [3.8, 4) is 0 Å². The molecule has 3 N–H and O–H groups in total. The zero-order valence-corrected chi connectivity index (χ0v) is 11.5. The Bertz CT molecular complexity index is 732. The van der Waals surface area contributed by atoms with Gasteiger partial charge in [-0.1, -0.05) is 55.1 Å². The first-order valence-electron chi connectivity index (χ1n) is 6.78. The van der Waals surface area contributed by atoms with Gasteiger partial charge in [0.2, 0.25) is 5.91 Å². The van der Waals surface area contributed by atoms with Gasteiger partial charge in [0.15, 0.2) is 0 Å².